The van der Waals surface area contributed by atoms with Gasteiger partial charge in [0.2, 0.25) is 0 Å². The van der Waals surface area contributed by atoms with Crippen LogP contribution in [-0.4, -0.2) is 0 Å². The standard InChI is InChI=1S/C19H15BrS2/c1-14-6-2-4-8-18(14)21-15-10-12-16(13-11-15)22-19-9-5-3-7-17(19)20/h2-13H,1H3. The summed E-state index contributed by atoms with van der Waals surface area (Å²) in [5, 5.41) is 0. The molecule has 0 saturated carbocycles. The molecule has 0 atom stereocenters. The van der Waals surface area contributed by atoms with Crippen molar-refractivity contribution in [3.63, 3.8) is 0 Å². The van der Waals surface area contributed by atoms with Crippen LogP contribution < -0.4 is 0 Å². The topological polar surface area (TPSA) is 0 Å². The van der Waals surface area contributed by atoms with Gasteiger partial charge in [-0.25, -0.2) is 0 Å². The predicted molar refractivity (Wildman–Crippen MR) is 100 cm³/mol. The first-order chi connectivity index (χ1) is 10.7. The molecule has 0 radical (unpaired) electrons. The Kier molecular flexibility index (Phi) is 5.29. The van der Waals surface area contributed by atoms with Gasteiger partial charge in [-0.05, 0) is 70.9 Å². The van der Waals surface area contributed by atoms with Crippen molar-refractivity contribution in [1.82, 2.24) is 0 Å². The molecule has 3 aromatic rings. The molecule has 3 heteroatoms. The second-order valence-corrected chi connectivity index (χ2v) is 7.96. The van der Waals surface area contributed by atoms with E-state index in [0.29, 0.717) is 0 Å². The lowest BCUT2D eigenvalue weighted by molar-refractivity contribution is 1.28. The maximum atomic E-state index is 3.60. The third-order valence-corrected chi connectivity index (χ3v) is 6.43. The first kappa shape index (κ1) is 15.7. The van der Waals surface area contributed by atoms with E-state index in [0.717, 1.165) is 4.47 Å². The minimum atomic E-state index is 1.14. The minimum Gasteiger partial charge on any atom is -0.0898 e. The molecule has 0 spiro atoms. The number of benzene rings is 3. The quantitative estimate of drug-likeness (QED) is 0.470. The fourth-order valence-electron chi connectivity index (χ4n) is 2.03. The Labute approximate surface area is 148 Å². The summed E-state index contributed by atoms with van der Waals surface area (Å²) >= 11 is 7.19. The normalized spacial score (nSPS) is 10.6. The zero-order chi connectivity index (χ0) is 15.4. The van der Waals surface area contributed by atoms with Crippen LogP contribution in [-0.2, 0) is 0 Å². The van der Waals surface area contributed by atoms with Gasteiger partial charge >= 0.3 is 0 Å². The summed E-state index contributed by atoms with van der Waals surface area (Å²) in [6.45, 7) is 2.15. The average Bonchev–Trinajstić information content (AvgIpc) is 2.54. The van der Waals surface area contributed by atoms with Gasteiger partial charge in [-0.15, -0.1) is 0 Å². The molecule has 0 saturated heterocycles. The number of aryl methyl sites for hydroxylation is 1. The van der Waals surface area contributed by atoms with Gasteiger partial charge in [-0.3, -0.25) is 0 Å². The highest BCUT2D eigenvalue weighted by Gasteiger charge is 2.03. The lowest BCUT2D eigenvalue weighted by Gasteiger charge is -2.07. The van der Waals surface area contributed by atoms with Crippen molar-refractivity contribution in [2.75, 3.05) is 0 Å². The van der Waals surface area contributed by atoms with Crippen LogP contribution in [0.2, 0.25) is 0 Å². The van der Waals surface area contributed by atoms with Gasteiger partial charge in [0.25, 0.3) is 0 Å². The van der Waals surface area contributed by atoms with Gasteiger partial charge in [0.05, 0.1) is 0 Å². The summed E-state index contributed by atoms with van der Waals surface area (Å²) in [4.78, 5) is 5.07. The van der Waals surface area contributed by atoms with Crippen LogP contribution in [0.3, 0.4) is 0 Å². The highest BCUT2D eigenvalue weighted by molar-refractivity contribution is 9.10. The Morgan fingerprint density at radius 3 is 1.73 bits per heavy atom. The third-order valence-electron chi connectivity index (χ3n) is 3.21. The van der Waals surface area contributed by atoms with Crippen molar-refractivity contribution in [3.8, 4) is 0 Å². The molecule has 0 unspecified atom stereocenters. The molecule has 0 heterocycles. The molecular weight excluding hydrogens is 372 g/mol. The van der Waals surface area contributed by atoms with E-state index in [1.54, 1.807) is 11.8 Å². The van der Waals surface area contributed by atoms with Gasteiger partial charge < -0.3 is 0 Å². The van der Waals surface area contributed by atoms with Crippen LogP contribution in [0.15, 0.2) is 96.9 Å². The Bertz CT molecular complexity index is 700. The third kappa shape index (κ3) is 3.97. The summed E-state index contributed by atoms with van der Waals surface area (Å²) in [6, 6.07) is 25.6. The van der Waals surface area contributed by atoms with E-state index in [1.807, 2.05) is 17.8 Å². The van der Waals surface area contributed by atoms with Crippen LogP contribution in [0.5, 0.6) is 0 Å². The summed E-state index contributed by atoms with van der Waals surface area (Å²) in [6.07, 6.45) is 0. The molecule has 3 aromatic carbocycles. The molecule has 0 N–H and O–H groups in total. The molecule has 0 aliphatic rings. The Morgan fingerprint density at radius 2 is 1.14 bits per heavy atom. The Hall–Kier alpha value is -1.16. The molecule has 0 nitrogen and oxygen atoms in total. The van der Waals surface area contributed by atoms with E-state index in [1.165, 1.54) is 25.1 Å². The molecule has 0 aliphatic heterocycles. The second kappa shape index (κ2) is 7.40. The monoisotopic (exact) mass is 386 g/mol. The lowest BCUT2D eigenvalue weighted by Crippen LogP contribution is -1.80. The van der Waals surface area contributed by atoms with E-state index >= 15 is 0 Å². The van der Waals surface area contributed by atoms with Gasteiger partial charge in [-0.2, -0.15) is 0 Å². The van der Waals surface area contributed by atoms with E-state index in [4.69, 9.17) is 0 Å². The molecule has 0 amide bonds. The van der Waals surface area contributed by atoms with E-state index in [2.05, 4.69) is 89.6 Å². The van der Waals surface area contributed by atoms with Crippen LogP contribution in [0.4, 0.5) is 0 Å². The Morgan fingerprint density at radius 1 is 0.636 bits per heavy atom. The molecule has 22 heavy (non-hydrogen) atoms. The number of hydrogen-bond acceptors (Lipinski definition) is 2. The predicted octanol–water partition coefficient (Wildman–Crippen LogP) is 7.06. The van der Waals surface area contributed by atoms with Crippen molar-refractivity contribution < 1.29 is 0 Å². The molecule has 0 fully saturated rings. The average molecular weight is 387 g/mol. The summed E-state index contributed by atoms with van der Waals surface area (Å²) in [5.74, 6) is 0. The maximum Gasteiger partial charge on any atom is 0.0314 e. The Balaban J connectivity index is 1.73. The molecule has 110 valence electrons. The van der Waals surface area contributed by atoms with E-state index < -0.39 is 0 Å². The smallest absolute Gasteiger partial charge is 0.0314 e. The van der Waals surface area contributed by atoms with Crippen molar-refractivity contribution in [2.24, 2.45) is 0 Å². The second-order valence-electron chi connectivity index (χ2n) is 4.87. The SMILES string of the molecule is Cc1ccccc1Sc1ccc(Sc2ccccc2Br)cc1. The largest absolute Gasteiger partial charge is 0.0898 e. The van der Waals surface area contributed by atoms with E-state index in [-0.39, 0.29) is 0 Å². The first-order valence-electron chi connectivity index (χ1n) is 6.98. The highest BCUT2D eigenvalue weighted by Crippen LogP contribution is 2.35. The van der Waals surface area contributed by atoms with Gasteiger partial charge in [0.15, 0.2) is 0 Å². The van der Waals surface area contributed by atoms with Crippen LogP contribution in [0.1, 0.15) is 5.56 Å². The highest BCUT2D eigenvalue weighted by atomic mass is 79.9. The molecule has 0 aliphatic carbocycles. The van der Waals surface area contributed by atoms with E-state index in [9.17, 15) is 0 Å². The summed E-state index contributed by atoms with van der Waals surface area (Å²) in [5.41, 5.74) is 1.32. The zero-order valence-electron chi connectivity index (χ0n) is 12.1. The van der Waals surface area contributed by atoms with Crippen molar-refractivity contribution in [1.29, 1.82) is 0 Å². The molecule has 0 bridgehead atoms. The van der Waals surface area contributed by atoms with Gasteiger partial charge in [-0.1, -0.05) is 53.9 Å². The van der Waals surface area contributed by atoms with Crippen molar-refractivity contribution in [3.05, 3.63) is 82.8 Å². The lowest BCUT2D eigenvalue weighted by atomic mass is 10.2. The van der Waals surface area contributed by atoms with Crippen LogP contribution in [0, 0.1) is 6.92 Å². The summed E-state index contributed by atoms with van der Waals surface area (Å²) < 4.78 is 1.14. The van der Waals surface area contributed by atoms with Gasteiger partial charge in [0, 0.05) is 24.1 Å². The van der Waals surface area contributed by atoms with Crippen molar-refractivity contribution in [2.45, 2.75) is 26.5 Å². The fourth-order valence-corrected chi connectivity index (χ4v) is 4.30. The molecule has 0 aromatic heterocycles. The minimum absolute atomic E-state index is 1.14. The van der Waals surface area contributed by atoms with Crippen LogP contribution >= 0.6 is 39.5 Å². The number of hydrogen-bond donors (Lipinski definition) is 0. The van der Waals surface area contributed by atoms with Crippen molar-refractivity contribution >= 4 is 39.5 Å². The molecular formula is C19H15BrS2. The fraction of sp³-hybridized carbons (Fsp3) is 0.0526. The van der Waals surface area contributed by atoms with Crippen LogP contribution in [0.25, 0.3) is 0 Å². The zero-order valence-corrected chi connectivity index (χ0v) is 15.3. The number of rotatable bonds is 4. The summed E-state index contributed by atoms with van der Waals surface area (Å²) in [7, 11) is 0. The molecule has 3 rings (SSSR count). The number of halogens is 1. The first-order valence-corrected chi connectivity index (χ1v) is 9.41. The van der Waals surface area contributed by atoms with Gasteiger partial charge in [0.1, 0.15) is 0 Å². The maximum absolute atomic E-state index is 3.60.